The molecule has 0 fully saturated rings. The van der Waals surface area contributed by atoms with Crippen LogP contribution in [0.1, 0.15) is 20.3 Å². The standard InChI is InChI=1S/C18H20N2O4S2/c1-3-24-16-7-5-4-6-14(16)20-26(22,23)13-8-9-17-15(11-13)19-18(21)10-12(2)25-17/h4-9,11-12,20H,3,10H2,1-2H3,(H,19,21)/t12-/m1/s1. The SMILES string of the molecule is CCOc1ccccc1NS(=O)(=O)c1ccc2c(c1)NC(=O)C[C@@H](C)S2. The summed E-state index contributed by atoms with van der Waals surface area (Å²) in [5, 5.41) is 2.92. The van der Waals surface area contributed by atoms with E-state index in [9.17, 15) is 13.2 Å². The Labute approximate surface area is 157 Å². The van der Waals surface area contributed by atoms with Crippen LogP contribution in [0.3, 0.4) is 0 Å². The second kappa shape index (κ2) is 7.59. The van der Waals surface area contributed by atoms with Crippen molar-refractivity contribution in [3.8, 4) is 5.75 Å². The van der Waals surface area contributed by atoms with E-state index in [1.807, 2.05) is 13.8 Å². The summed E-state index contributed by atoms with van der Waals surface area (Å²) in [7, 11) is -3.82. The van der Waals surface area contributed by atoms with Gasteiger partial charge in [0.25, 0.3) is 10.0 Å². The van der Waals surface area contributed by atoms with Crippen molar-refractivity contribution in [1.29, 1.82) is 0 Å². The summed E-state index contributed by atoms with van der Waals surface area (Å²) in [6.07, 6.45) is 0.390. The largest absolute Gasteiger partial charge is 0.492 e. The molecule has 1 atom stereocenters. The predicted molar refractivity (Wildman–Crippen MR) is 103 cm³/mol. The van der Waals surface area contributed by atoms with Gasteiger partial charge in [0.15, 0.2) is 0 Å². The third-order valence-electron chi connectivity index (χ3n) is 3.77. The van der Waals surface area contributed by atoms with E-state index in [-0.39, 0.29) is 16.1 Å². The number of fused-ring (bicyclic) bond motifs is 1. The average Bonchev–Trinajstić information content (AvgIpc) is 2.72. The van der Waals surface area contributed by atoms with E-state index in [0.29, 0.717) is 30.2 Å². The van der Waals surface area contributed by atoms with Gasteiger partial charge in [-0.15, -0.1) is 11.8 Å². The monoisotopic (exact) mass is 392 g/mol. The summed E-state index contributed by atoms with van der Waals surface area (Å²) >= 11 is 1.55. The van der Waals surface area contributed by atoms with E-state index in [1.165, 1.54) is 6.07 Å². The van der Waals surface area contributed by atoms with E-state index < -0.39 is 10.0 Å². The van der Waals surface area contributed by atoms with Gasteiger partial charge in [-0.1, -0.05) is 19.1 Å². The fourth-order valence-corrected chi connectivity index (χ4v) is 4.78. The zero-order valence-corrected chi connectivity index (χ0v) is 16.1. The van der Waals surface area contributed by atoms with E-state index in [0.717, 1.165) is 4.90 Å². The van der Waals surface area contributed by atoms with Crippen molar-refractivity contribution in [3.63, 3.8) is 0 Å². The number of nitrogens with one attached hydrogen (secondary N) is 2. The summed E-state index contributed by atoms with van der Waals surface area (Å²) in [4.78, 5) is 12.9. The van der Waals surface area contributed by atoms with Crippen LogP contribution in [0.5, 0.6) is 5.75 Å². The van der Waals surface area contributed by atoms with Gasteiger partial charge in [-0.3, -0.25) is 9.52 Å². The molecule has 2 aromatic rings. The fourth-order valence-electron chi connectivity index (χ4n) is 2.63. The molecule has 0 radical (unpaired) electrons. The summed E-state index contributed by atoms with van der Waals surface area (Å²) in [6, 6.07) is 11.6. The number of para-hydroxylation sites is 2. The molecule has 0 saturated carbocycles. The van der Waals surface area contributed by atoms with Crippen LogP contribution in [0.25, 0.3) is 0 Å². The van der Waals surface area contributed by atoms with Crippen molar-refractivity contribution in [3.05, 3.63) is 42.5 Å². The molecule has 1 aliphatic heterocycles. The van der Waals surface area contributed by atoms with Gasteiger partial charge in [0, 0.05) is 16.6 Å². The number of hydrogen-bond donors (Lipinski definition) is 2. The van der Waals surface area contributed by atoms with Crippen LogP contribution >= 0.6 is 11.8 Å². The Hall–Kier alpha value is -2.19. The number of carbonyl (C=O) groups excluding carboxylic acids is 1. The van der Waals surface area contributed by atoms with Crippen molar-refractivity contribution in [2.45, 2.75) is 35.3 Å². The molecule has 0 bridgehead atoms. The Morgan fingerprint density at radius 2 is 2.04 bits per heavy atom. The molecule has 1 aliphatic rings. The Kier molecular flexibility index (Phi) is 5.43. The Bertz CT molecular complexity index is 929. The highest BCUT2D eigenvalue weighted by Crippen LogP contribution is 2.36. The Morgan fingerprint density at radius 1 is 1.27 bits per heavy atom. The molecular formula is C18H20N2O4S2. The van der Waals surface area contributed by atoms with Crippen LogP contribution < -0.4 is 14.8 Å². The first kappa shape index (κ1) is 18.6. The highest BCUT2D eigenvalue weighted by molar-refractivity contribution is 8.00. The average molecular weight is 393 g/mol. The first-order valence-corrected chi connectivity index (χ1v) is 10.6. The quantitative estimate of drug-likeness (QED) is 0.810. The lowest BCUT2D eigenvalue weighted by molar-refractivity contribution is -0.116. The zero-order chi connectivity index (χ0) is 18.7. The van der Waals surface area contributed by atoms with E-state index in [1.54, 1.807) is 48.2 Å². The van der Waals surface area contributed by atoms with Crippen molar-refractivity contribution < 1.29 is 17.9 Å². The van der Waals surface area contributed by atoms with Crippen molar-refractivity contribution in [2.75, 3.05) is 16.6 Å². The van der Waals surface area contributed by atoms with Gasteiger partial charge in [0.2, 0.25) is 5.91 Å². The number of ether oxygens (including phenoxy) is 1. The first-order chi connectivity index (χ1) is 12.4. The third kappa shape index (κ3) is 4.13. The third-order valence-corrected chi connectivity index (χ3v) is 6.31. The lowest BCUT2D eigenvalue weighted by Gasteiger charge is -2.14. The van der Waals surface area contributed by atoms with Crippen LogP contribution in [0.15, 0.2) is 52.3 Å². The highest BCUT2D eigenvalue weighted by Gasteiger charge is 2.23. The minimum atomic E-state index is -3.82. The highest BCUT2D eigenvalue weighted by atomic mass is 32.2. The van der Waals surface area contributed by atoms with Gasteiger partial charge < -0.3 is 10.1 Å². The number of rotatable bonds is 5. The van der Waals surface area contributed by atoms with Gasteiger partial charge in [-0.25, -0.2) is 8.42 Å². The smallest absolute Gasteiger partial charge is 0.262 e. The molecule has 1 heterocycles. The van der Waals surface area contributed by atoms with Crippen LogP contribution in [-0.4, -0.2) is 26.2 Å². The summed E-state index contributed by atoms with van der Waals surface area (Å²) in [5.41, 5.74) is 0.890. The van der Waals surface area contributed by atoms with Crippen LogP contribution in [0, 0.1) is 0 Å². The molecule has 0 saturated heterocycles. The lowest BCUT2D eigenvalue weighted by Crippen LogP contribution is -2.15. The summed E-state index contributed by atoms with van der Waals surface area (Å²) < 4.78 is 33.6. The van der Waals surface area contributed by atoms with Gasteiger partial charge in [0.1, 0.15) is 5.75 Å². The zero-order valence-electron chi connectivity index (χ0n) is 14.5. The summed E-state index contributed by atoms with van der Waals surface area (Å²) in [6.45, 7) is 4.23. The van der Waals surface area contributed by atoms with Crippen molar-refractivity contribution >= 4 is 39.1 Å². The maximum absolute atomic E-state index is 12.8. The maximum atomic E-state index is 12.8. The molecule has 0 aliphatic carbocycles. The van der Waals surface area contributed by atoms with Gasteiger partial charge in [0.05, 0.1) is 22.9 Å². The second-order valence-corrected chi connectivity index (χ2v) is 9.04. The number of carbonyl (C=O) groups is 1. The number of benzene rings is 2. The van der Waals surface area contributed by atoms with Crippen LogP contribution in [0.4, 0.5) is 11.4 Å². The van der Waals surface area contributed by atoms with Crippen molar-refractivity contribution in [1.82, 2.24) is 0 Å². The van der Waals surface area contributed by atoms with Crippen LogP contribution in [0.2, 0.25) is 0 Å². The molecule has 6 nitrogen and oxygen atoms in total. The lowest BCUT2D eigenvalue weighted by atomic mass is 10.3. The molecule has 26 heavy (non-hydrogen) atoms. The molecular weight excluding hydrogens is 372 g/mol. The van der Waals surface area contributed by atoms with E-state index in [2.05, 4.69) is 10.0 Å². The minimum absolute atomic E-state index is 0.0815. The normalized spacial score (nSPS) is 17.0. The van der Waals surface area contributed by atoms with Gasteiger partial charge >= 0.3 is 0 Å². The number of anilines is 2. The van der Waals surface area contributed by atoms with Crippen LogP contribution in [-0.2, 0) is 14.8 Å². The molecule has 138 valence electrons. The molecule has 0 unspecified atom stereocenters. The summed E-state index contributed by atoms with van der Waals surface area (Å²) in [5.74, 6) is 0.346. The van der Waals surface area contributed by atoms with E-state index in [4.69, 9.17) is 4.74 Å². The number of amides is 1. The number of hydrogen-bond acceptors (Lipinski definition) is 5. The first-order valence-electron chi connectivity index (χ1n) is 8.24. The maximum Gasteiger partial charge on any atom is 0.262 e. The van der Waals surface area contributed by atoms with Gasteiger partial charge in [-0.05, 0) is 37.3 Å². The topological polar surface area (TPSA) is 84.5 Å². The molecule has 0 aromatic heterocycles. The molecule has 2 aromatic carbocycles. The second-order valence-electron chi connectivity index (χ2n) is 5.87. The predicted octanol–water partition coefficient (Wildman–Crippen LogP) is 3.71. The molecule has 0 spiro atoms. The minimum Gasteiger partial charge on any atom is -0.492 e. The van der Waals surface area contributed by atoms with Gasteiger partial charge in [-0.2, -0.15) is 0 Å². The van der Waals surface area contributed by atoms with E-state index >= 15 is 0 Å². The fraction of sp³-hybridized carbons (Fsp3) is 0.278. The van der Waals surface area contributed by atoms with Crippen molar-refractivity contribution in [2.24, 2.45) is 0 Å². The molecule has 8 heteroatoms. The Morgan fingerprint density at radius 3 is 2.81 bits per heavy atom. The number of thioether (sulfide) groups is 1. The molecule has 3 rings (SSSR count). The number of sulfonamides is 1. The Balaban J connectivity index is 1.92. The molecule has 2 N–H and O–H groups in total. The molecule has 1 amide bonds.